The number of Topliss-reactive ketones (excluding diaryl/α,β-unsaturated/α-hetero) is 1. The molecule has 3 rings (SSSR count). The molecule has 156 valence electrons. The molecule has 5 N–H and O–H groups in total. The van der Waals surface area contributed by atoms with E-state index in [1.165, 1.54) is 0 Å². The highest BCUT2D eigenvalue weighted by Crippen LogP contribution is 2.18. The van der Waals surface area contributed by atoms with Crippen LogP contribution in [0.5, 0.6) is 0 Å². The van der Waals surface area contributed by atoms with Gasteiger partial charge in [0.1, 0.15) is 11.6 Å². The van der Waals surface area contributed by atoms with E-state index in [9.17, 15) is 14.4 Å². The molecule has 0 saturated carbocycles. The molecule has 1 saturated heterocycles. The quantitative estimate of drug-likeness (QED) is 0.253. The Labute approximate surface area is 182 Å². The molecule has 0 radical (unpaired) electrons. The smallest absolute Gasteiger partial charge is 0.257 e. The largest absolute Gasteiger partial charge is 0.341 e. The molecule has 8 nitrogen and oxygen atoms in total. The van der Waals surface area contributed by atoms with Crippen LogP contribution in [0.25, 0.3) is 0 Å². The van der Waals surface area contributed by atoms with Crippen molar-refractivity contribution in [2.45, 2.75) is 19.4 Å². The Hall–Kier alpha value is -3.23. The second-order valence-corrected chi connectivity index (χ2v) is 7.40. The van der Waals surface area contributed by atoms with E-state index < -0.39 is 23.6 Å². The van der Waals surface area contributed by atoms with Crippen molar-refractivity contribution in [2.75, 3.05) is 10.9 Å². The van der Waals surface area contributed by atoms with E-state index in [1.54, 1.807) is 55.5 Å². The predicted octanol–water partition coefficient (Wildman–Crippen LogP) is 2.78. The summed E-state index contributed by atoms with van der Waals surface area (Å²) in [4.78, 5) is 37.0. The molecule has 0 aromatic heterocycles. The molecular weight excluding hydrogens is 429 g/mol. The van der Waals surface area contributed by atoms with Crippen LogP contribution in [0.3, 0.4) is 0 Å². The third-order valence-corrected chi connectivity index (χ3v) is 4.79. The number of carbonyl (C=O) groups excluding carboxylic acids is 3. The molecule has 1 heterocycles. The summed E-state index contributed by atoms with van der Waals surface area (Å²) in [7, 11) is 0. The van der Waals surface area contributed by atoms with Crippen molar-refractivity contribution < 1.29 is 14.4 Å². The summed E-state index contributed by atoms with van der Waals surface area (Å²) in [6.45, 7) is 1.60. The van der Waals surface area contributed by atoms with Crippen LogP contribution in [-0.4, -0.2) is 23.6 Å². The van der Waals surface area contributed by atoms with Crippen molar-refractivity contribution in [1.82, 2.24) is 16.2 Å². The van der Waals surface area contributed by atoms with E-state index >= 15 is 0 Å². The van der Waals surface area contributed by atoms with Gasteiger partial charge in [-0.3, -0.25) is 25.2 Å². The first-order valence-corrected chi connectivity index (χ1v) is 9.73. The van der Waals surface area contributed by atoms with Gasteiger partial charge in [0.15, 0.2) is 5.78 Å². The van der Waals surface area contributed by atoms with Crippen LogP contribution < -0.4 is 27.0 Å². The van der Waals surface area contributed by atoms with Crippen molar-refractivity contribution in [3.05, 3.63) is 69.8 Å². The van der Waals surface area contributed by atoms with Crippen molar-refractivity contribution in [1.29, 1.82) is 0 Å². The number of hydrogen-bond donors (Lipinski definition) is 5. The van der Waals surface area contributed by atoms with Gasteiger partial charge in [0, 0.05) is 15.7 Å². The van der Waals surface area contributed by atoms with Crippen molar-refractivity contribution in [3.63, 3.8) is 0 Å². The maximum atomic E-state index is 12.6. The summed E-state index contributed by atoms with van der Waals surface area (Å²) in [5, 5.41) is 3.70. The van der Waals surface area contributed by atoms with Crippen LogP contribution >= 0.6 is 23.2 Å². The van der Waals surface area contributed by atoms with Crippen LogP contribution in [0.2, 0.25) is 10.0 Å². The Morgan fingerprint density at radius 2 is 1.40 bits per heavy atom. The first-order valence-electron chi connectivity index (χ1n) is 8.97. The van der Waals surface area contributed by atoms with Crippen molar-refractivity contribution in [2.24, 2.45) is 0 Å². The second-order valence-electron chi connectivity index (χ2n) is 6.53. The number of halogens is 2. The maximum absolute atomic E-state index is 12.6. The Morgan fingerprint density at radius 1 is 0.900 bits per heavy atom. The van der Waals surface area contributed by atoms with E-state index in [0.29, 0.717) is 27.1 Å². The topological polar surface area (TPSA) is 111 Å². The molecule has 30 heavy (non-hydrogen) atoms. The summed E-state index contributed by atoms with van der Waals surface area (Å²) in [5.41, 5.74) is 12.6. The fraction of sp³-hybridized carbons (Fsp3) is 0.150. The lowest BCUT2D eigenvalue weighted by Gasteiger charge is -2.12. The minimum Gasteiger partial charge on any atom is -0.341 e. The first-order chi connectivity index (χ1) is 14.3. The molecule has 10 heteroatoms. The normalized spacial score (nSPS) is 17.2. The zero-order chi connectivity index (χ0) is 21.7. The van der Waals surface area contributed by atoms with Gasteiger partial charge < -0.3 is 16.2 Å². The van der Waals surface area contributed by atoms with Gasteiger partial charge in [-0.25, -0.2) is 0 Å². The minimum absolute atomic E-state index is 0.0278. The highest BCUT2D eigenvalue weighted by atomic mass is 35.5. The van der Waals surface area contributed by atoms with Gasteiger partial charge in [-0.05, 0) is 55.5 Å². The number of anilines is 2. The highest BCUT2D eigenvalue weighted by Gasteiger charge is 2.38. The fourth-order valence-corrected chi connectivity index (χ4v) is 3.01. The molecule has 0 spiro atoms. The molecule has 2 amide bonds. The maximum Gasteiger partial charge on any atom is 0.257 e. The average molecular weight is 448 g/mol. The number of nitrogens with one attached hydrogen (secondary N) is 5. The van der Waals surface area contributed by atoms with Crippen LogP contribution in [0.15, 0.2) is 59.8 Å². The minimum atomic E-state index is -0.938. The van der Waals surface area contributed by atoms with E-state index in [-0.39, 0.29) is 12.0 Å². The number of benzene rings is 2. The number of hydrogen-bond acceptors (Lipinski definition) is 6. The number of amides is 2. The third-order valence-electron chi connectivity index (χ3n) is 4.29. The Kier molecular flexibility index (Phi) is 6.81. The standard InChI is InChI=1S/C20H19Cl2N5O3/c1-11(24-25-14-6-2-12(21)3-7-14)18-19(29)16(23-20(18)30)10-17(28)27-26-15-8-4-13(22)5-9-15/h2-9,16,24-26H,10H2,1H3,(H,23,30)(H,27,28). The van der Waals surface area contributed by atoms with Crippen LogP contribution in [0, 0.1) is 0 Å². The Morgan fingerprint density at radius 3 is 1.93 bits per heavy atom. The monoisotopic (exact) mass is 447 g/mol. The second kappa shape index (κ2) is 9.51. The van der Waals surface area contributed by atoms with Gasteiger partial charge in [0.2, 0.25) is 5.91 Å². The summed E-state index contributed by atoms with van der Waals surface area (Å²) >= 11 is 11.6. The molecule has 1 unspecified atom stereocenters. The lowest BCUT2D eigenvalue weighted by Crippen LogP contribution is -2.38. The lowest BCUT2D eigenvalue weighted by atomic mass is 10.1. The third kappa shape index (κ3) is 5.43. The Balaban J connectivity index is 1.56. The van der Waals surface area contributed by atoms with Crippen molar-refractivity contribution in [3.8, 4) is 0 Å². The SMILES string of the molecule is CC(NNc1ccc(Cl)cc1)=C1C(=O)NC(CC(=O)NNc2ccc(Cl)cc2)C1=O. The van der Waals surface area contributed by atoms with E-state index in [0.717, 1.165) is 0 Å². The van der Waals surface area contributed by atoms with Gasteiger partial charge in [-0.1, -0.05) is 23.2 Å². The van der Waals surface area contributed by atoms with Crippen molar-refractivity contribution >= 4 is 52.2 Å². The van der Waals surface area contributed by atoms with Gasteiger partial charge in [-0.2, -0.15) is 0 Å². The highest BCUT2D eigenvalue weighted by molar-refractivity contribution is 6.31. The molecular formula is C20H19Cl2N5O3. The van der Waals surface area contributed by atoms with E-state index in [2.05, 4.69) is 27.0 Å². The lowest BCUT2D eigenvalue weighted by molar-refractivity contribution is -0.124. The number of rotatable bonds is 7. The van der Waals surface area contributed by atoms with Crippen LogP contribution in [0.1, 0.15) is 13.3 Å². The van der Waals surface area contributed by atoms with Gasteiger partial charge in [0.05, 0.1) is 17.8 Å². The number of allylic oxidation sites excluding steroid dienone is 1. The van der Waals surface area contributed by atoms with Crippen LogP contribution in [-0.2, 0) is 14.4 Å². The molecule has 1 aliphatic rings. The zero-order valence-electron chi connectivity index (χ0n) is 15.9. The van der Waals surface area contributed by atoms with Gasteiger partial charge in [-0.15, -0.1) is 0 Å². The number of hydrazine groups is 2. The molecule has 2 aromatic carbocycles. The number of carbonyl (C=O) groups is 3. The molecule has 1 aliphatic heterocycles. The summed E-state index contributed by atoms with van der Waals surface area (Å²) < 4.78 is 0. The summed E-state index contributed by atoms with van der Waals surface area (Å²) in [6.07, 6.45) is -0.202. The van der Waals surface area contributed by atoms with Crippen LogP contribution in [0.4, 0.5) is 11.4 Å². The predicted molar refractivity (Wildman–Crippen MR) is 116 cm³/mol. The summed E-state index contributed by atoms with van der Waals surface area (Å²) in [5.74, 6) is -1.44. The zero-order valence-corrected chi connectivity index (χ0v) is 17.4. The van der Waals surface area contributed by atoms with Gasteiger partial charge >= 0.3 is 0 Å². The summed E-state index contributed by atoms with van der Waals surface area (Å²) in [6, 6.07) is 12.7. The molecule has 0 bridgehead atoms. The van der Waals surface area contributed by atoms with Gasteiger partial charge in [0.25, 0.3) is 5.91 Å². The molecule has 2 aromatic rings. The van der Waals surface area contributed by atoms with E-state index in [1.807, 2.05) is 0 Å². The first kappa shape index (κ1) is 21.5. The fourth-order valence-electron chi connectivity index (χ4n) is 2.75. The average Bonchev–Trinajstić information content (AvgIpc) is 3.00. The molecule has 0 aliphatic carbocycles. The van der Waals surface area contributed by atoms with E-state index in [4.69, 9.17) is 23.2 Å². The molecule has 1 fully saturated rings. The number of ketones is 1. The molecule has 1 atom stereocenters. The Bertz CT molecular complexity index is 991.